The van der Waals surface area contributed by atoms with Crippen molar-refractivity contribution in [2.45, 2.75) is 23.8 Å². The standard InChI is InChI=1S/C18H22N2O5S/c1-25-16-6-7-17(15-5-3-2-4-14(15)16)26(23,24)19-13-8-10-20(11-9-13)12-18(21)22/h2-7,13,19H,8-12H2,1H3,(H,21,22). The van der Waals surface area contributed by atoms with Crippen molar-refractivity contribution in [1.29, 1.82) is 0 Å². The normalized spacial score (nSPS) is 16.7. The summed E-state index contributed by atoms with van der Waals surface area (Å²) in [5.74, 6) is -0.240. The number of sulfonamides is 1. The Morgan fingerprint density at radius 1 is 1.19 bits per heavy atom. The van der Waals surface area contributed by atoms with Gasteiger partial charge in [-0.25, -0.2) is 13.1 Å². The van der Waals surface area contributed by atoms with Gasteiger partial charge in [-0.05, 0) is 25.0 Å². The zero-order valence-corrected chi connectivity index (χ0v) is 15.3. The molecule has 1 heterocycles. The highest BCUT2D eigenvalue weighted by molar-refractivity contribution is 7.89. The smallest absolute Gasteiger partial charge is 0.317 e. The Morgan fingerprint density at radius 3 is 2.46 bits per heavy atom. The van der Waals surface area contributed by atoms with Crippen LogP contribution in [0.1, 0.15) is 12.8 Å². The minimum absolute atomic E-state index is 0.0113. The number of likely N-dealkylation sites (tertiary alicyclic amines) is 1. The summed E-state index contributed by atoms with van der Waals surface area (Å²) in [5, 5.41) is 10.2. The second-order valence-corrected chi connectivity index (χ2v) is 8.06. The number of ether oxygens (including phenoxy) is 1. The molecule has 0 bridgehead atoms. The molecule has 1 saturated heterocycles. The van der Waals surface area contributed by atoms with Crippen LogP contribution in [0.5, 0.6) is 5.75 Å². The van der Waals surface area contributed by atoms with Gasteiger partial charge in [-0.1, -0.05) is 24.3 Å². The maximum Gasteiger partial charge on any atom is 0.317 e. The second-order valence-electron chi connectivity index (χ2n) is 6.38. The maximum absolute atomic E-state index is 12.9. The number of hydrogen-bond donors (Lipinski definition) is 2. The molecule has 0 spiro atoms. The zero-order chi connectivity index (χ0) is 18.7. The molecule has 7 nitrogen and oxygen atoms in total. The van der Waals surface area contributed by atoms with E-state index in [-0.39, 0.29) is 17.5 Å². The maximum atomic E-state index is 12.9. The first-order valence-electron chi connectivity index (χ1n) is 8.43. The number of piperidine rings is 1. The SMILES string of the molecule is COc1ccc(S(=O)(=O)NC2CCN(CC(=O)O)CC2)c2ccccc12. The van der Waals surface area contributed by atoms with Crippen LogP contribution in [0.4, 0.5) is 0 Å². The van der Waals surface area contributed by atoms with Gasteiger partial charge in [-0.3, -0.25) is 9.69 Å². The fraction of sp³-hybridized carbons (Fsp3) is 0.389. The van der Waals surface area contributed by atoms with Gasteiger partial charge in [0.15, 0.2) is 0 Å². The Hall–Kier alpha value is -2.16. The van der Waals surface area contributed by atoms with Crippen molar-refractivity contribution in [3.05, 3.63) is 36.4 Å². The van der Waals surface area contributed by atoms with Crippen molar-refractivity contribution < 1.29 is 23.1 Å². The predicted octanol–water partition coefficient (Wildman–Crippen LogP) is 1.68. The minimum atomic E-state index is -3.69. The Balaban J connectivity index is 1.80. The summed E-state index contributed by atoms with van der Waals surface area (Å²) in [6.07, 6.45) is 1.17. The molecule has 140 valence electrons. The van der Waals surface area contributed by atoms with E-state index < -0.39 is 16.0 Å². The number of nitrogens with one attached hydrogen (secondary N) is 1. The molecule has 8 heteroatoms. The van der Waals surface area contributed by atoms with Crippen molar-refractivity contribution in [2.24, 2.45) is 0 Å². The van der Waals surface area contributed by atoms with Gasteiger partial charge in [0.05, 0.1) is 18.6 Å². The van der Waals surface area contributed by atoms with Crippen LogP contribution in [0.2, 0.25) is 0 Å². The molecule has 0 unspecified atom stereocenters. The average molecular weight is 378 g/mol. The molecule has 2 aromatic rings. The van der Waals surface area contributed by atoms with Gasteiger partial charge in [0.1, 0.15) is 5.75 Å². The Labute approximate surface area is 152 Å². The largest absolute Gasteiger partial charge is 0.496 e. The van der Waals surface area contributed by atoms with Gasteiger partial charge in [-0.2, -0.15) is 0 Å². The second kappa shape index (κ2) is 7.61. The van der Waals surface area contributed by atoms with E-state index in [0.717, 1.165) is 5.39 Å². The van der Waals surface area contributed by atoms with Crippen molar-refractivity contribution in [2.75, 3.05) is 26.7 Å². The Bertz CT molecular complexity index is 905. The summed E-state index contributed by atoms with van der Waals surface area (Å²) in [6, 6.07) is 10.2. The number of carboxylic acid groups (broad SMARTS) is 1. The molecule has 0 aliphatic carbocycles. The molecule has 1 fully saturated rings. The molecule has 0 radical (unpaired) electrons. The van der Waals surface area contributed by atoms with E-state index >= 15 is 0 Å². The van der Waals surface area contributed by atoms with Gasteiger partial charge in [0, 0.05) is 29.9 Å². The fourth-order valence-corrected chi connectivity index (χ4v) is 4.86. The molecular formula is C18H22N2O5S. The number of fused-ring (bicyclic) bond motifs is 1. The summed E-state index contributed by atoms with van der Waals surface area (Å²) in [6.45, 7) is 1.11. The number of nitrogens with zero attached hydrogens (tertiary/aromatic N) is 1. The van der Waals surface area contributed by atoms with E-state index in [0.29, 0.717) is 37.1 Å². The van der Waals surface area contributed by atoms with E-state index in [4.69, 9.17) is 9.84 Å². The lowest BCUT2D eigenvalue weighted by Gasteiger charge is -2.31. The Morgan fingerprint density at radius 2 is 1.85 bits per heavy atom. The number of methoxy groups -OCH3 is 1. The molecule has 1 aliphatic heterocycles. The molecule has 26 heavy (non-hydrogen) atoms. The van der Waals surface area contributed by atoms with Crippen molar-refractivity contribution in [3.63, 3.8) is 0 Å². The van der Waals surface area contributed by atoms with Gasteiger partial charge in [0.25, 0.3) is 0 Å². The minimum Gasteiger partial charge on any atom is -0.496 e. The monoisotopic (exact) mass is 378 g/mol. The number of benzene rings is 2. The lowest BCUT2D eigenvalue weighted by molar-refractivity contribution is -0.138. The van der Waals surface area contributed by atoms with Gasteiger partial charge < -0.3 is 9.84 Å². The fourth-order valence-electron chi connectivity index (χ4n) is 3.34. The van der Waals surface area contributed by atoms with E-state index in [9.17, 15) is 13.2 Å². The molecule has 2 aromatic carbocycles. The van der Waals surface area contributed by atoms with Crippen LogP contribution in [0.3, 0.4) is 0 Å². The molecule has 2 N–H and O–H groups in total. The van der Waals surface area contributed by atoms with Crippen LogP contribution >= 0.6 is 0 Å². The highest BCUT2D eigenvalue weighted by Gasteiger charge is 2.26. The first-order valence-corrected chi connectivity index (χ1v) is 9.91. The lowest BCUT2D eigenvalue weighted by atomic mass is 10.1. The van der Waals surface area contributed by atoms with Crippen LogP contribution < -0.4 is 9.46 Å². The zero-order valence-electron chi connectivity index (χ0n) is 14.5. The average Bonchev–Trinajstić information content (AvgIpc) is 2.61. The number of hydrogen-bond acceptors (Lipinski definition) is 5. The van der Waals surface area contributed by atoms with Gasteiger partial charge in [0.2, 0.25) is 10.0 Å². The third-order valence-electron chi connectivity index (χ3n) is 4.62. The van der Waals surface area contributed by atoms with E-state index in [1.165, 1.54) is 0 Å². The van der Waals surface area contributed by atoms with Crippen LogP contribution in [0, 0.1) is 0 Å². The van der Waals surface area contributed by atoms with E-state index in [1.54, 1.807) is 31.4 Å². The third-order valence-corrected chi connectivity index (χ3v) is 6.20. The summed E-state index contributed by atoms with van der Waals surface area (Å²) < 4.78 is 33.9. The topological polar surface area (TPSA) is 95.9 Å². The summed E-state index contributed by atoms with van der Waals surface area (Å²) >= 11 is 0. The van der Waals surface area contributed by atoms with Gasteiger partial charge >= 0.3 is 5.97 Å². The van der Waals surface area contributed by atoms with Crippen LogP contribution in [0.15, 0.2) is 41.3 Å². The number of aliphatic carboxylic acids is 1. The number of carbonyl (C=O) groups is 1. The molecule has 0 aromatic heterocycles. The van der Waals surface area contributed by atoms with Crippen molar-refractivity contribution in [1.82, 2.24) is 9.62 Å². The first kappa shape index (κ1) is 18.6. The van der Waals surface area contributed by atoms with E-state index in [2.05, 4.69) is 4.72 Å². The molecule has 1 aliphatic rings. The number of carboxylic acids is 1. The summed E-state index contributed by atoms with van der Waals surface area (Å²) in [7, 11) is -2.14. The summed E-state index contributed by atoms with van der Waals surface area (Å²) in [5.41, 5.74) is 0. The third kappa shape index (κ3) is 3.98. The molecule has 0 saturated carbocycles. The van der Waals surface area contributed by atoms with E-state index in [1.807, 2.05) is 17.0 Å². The van der Waals surface area contributed by atoms with Crippen LogP contribution in [-0.4, -0.2) is 57.2 Å². The molecular weight excluding hydrogens is 356 g/mol. The quantitative estimate of drug-likeness (QED) is 0.794. The highest BCUT2D eigenvalue weighted by Crippen LogP contribution is 2.31. The summed E-state index contributed by atoms with van der Waals surface area (Å²) in [4.78, 5) is 12.8. The molecule has 3 rings (SSSR count). The van der Waals surface area contributed by atoms with Crippen molar-refractivity contribution >= 4 is 26.8 Å². The van der Waals surface area contributed by atoms with Crippen molar-refractivity contribution in [3.8, 4) is 5.75 Å². The highest BCUT2D eigenvalue weighted by atomic mass is 32.2. The van der Waals surface area contributed by atoms with Crippen LogP contribution in [0.25, 0.3) is 10.8 Å². The predicted molar refractivity (Wildman–Crippen MR) is 97.9 cm³/mol. The first-order chi connectivity index (χ1) is 12.4. The van der Waals surface area contributed by atoms with Gasteiger partial charge in [-0.15, -0.1) is 0 Å². The molecule has 0 atom stereocenters. The Kier molecular flexibility index (Phi) is 5.45. The van der Waals surface area contributed by atoms with Crippen LogP contribution in [-0.2, 0) is 14.8 Å². The molecule has 0 amide bonds. The number of rotatable bonds is 6. The lowest BCUT2D eigenvalue weighted by Crippen LogP contribution is -2.45.